The van der Waals surface area contributed by atoms with Crippen molar-refractivity contribution in [2.24, 2.45) is 5.92 Å². The van der Waals surface area contributed by atoms with Crippen LogP contribution in [0.4, 0.5) is 5.69 Å². The molecule has 1 aliphatic rings. The van der Waals surface area contributed by atoms with E-state index >= 15 is 0 Å². The first-order valence-electron chi connectivity index (χ1n) is 9.97. The van der Waals surface area contributed by atoms with E-state index in [0.717, 1.165) is 37.9 Å². The molecule has 1 fully saturated rings. The lowest BCUT2D eigenvalue weighted by Gasteiger charge is -2.32. The molecule has 29 heavy (non-hydrogen) atoms. The summed E-state index contributed by atoms with van der Waals surface area (Å²) in [4.78, 5) is 26.8. The minimum atomic E-state index is -0.0423. The van der Waals surface area contributed by atoms with E-state index in [4.69, 9.17) is 9.47 Å². The average Bonchev–Trinajstić information content (AvgIpc) is 2.78. The van der Waals surface area contributed by atoms with Gasteiger partial charge in [-0.05, 0) is 49.4 Å². The summed E-state index contributed by atoms with van der Waals surface area (Å²) in [6.45, 7) is 1.48. The number of piperidine rings is 1. The molecule has 6 nitrogen and oxygen atoms in total. The van der Waals surface area contributed by atoms with Crippen LogP contribution in [0.3, 0.4) is 0 Å². The molecule has 1 saturated heterocycles. The quantitative estimate of drug-likeness (QED) is 0.769. The van der Waals surface area contributed by atoms with E-state index in [-0.39, 0.29) is 11.8 Å². The standard InChI is InChI=1S/C23H28N2O4/c1-28-19-9-10-21(29-2)20(16-19)24-22(26)11-8-17-12-14-25(15-13-17)23(27)18-6-4-3-5-7-18/h3-7,9-10,16-17H,8,11-15H2,1-2H3,(H,24,26). The lowest BCUT2D eigenvalue weighted by molar-refractivity contribution is -0.116. The molecule has 1 heterocycles. The van der Waals surface area contributed by atoms with E-state index in [1.54, 1.807) is 32.4 Å². The minimum Gasteiger partial charge on any atom is -0.497 e. The van der Waals surface area contributed by atoms with E-state index in [2.05, 4.69) is 5.32 Å². The number of likely N-dealkylation sites (tertiary alicyclic amines) is 1. The predicted octanol–water partition coefficient (Wildman–Crippen LogP) is 3.97. The summed E-state index contributed by atoms with van der Waals surface area (Å²) in [5.41, 5.74) is 1.35. The zero-order chi connectivity index (χ0) is 20.6. The molecule has 0 aromatic heterocycles. The SMILES string of the molecule is COc1ccc(OC)c(NC(=O)CCC2CCN(C(=O)c3ccccc3)CC2)c1. The van der Waals surface area contributed by atoms with Crippen LogP contribution < -0.4 is 14.8 Å². The molecule has 2 aromatic carbocycles. The van der Waals surface area contributed by atoms with Gasteiger partial charge in [0.25, 0.3) is 5.91 Å². The van der Waals surface area contributed by atoms with Crippen LogP contribution in [0, 0.1) is 5.92 Å². The maximum Gasteiger partial charge on any atom is 0.253 e. The van der Waals surface area contributed by atoms with Gasteiger partial charge in [-0.1, -0.05) is 18.2 Å². The van der Waals surface area contributed by atoms with Gasteiger partial charge >= 0.3 is 0 Å². The molecule has 1 N–H and O–H groups in total. The Balaban J connectivity index is 1.46. The fourth-order valence-electron chi connectivity index (χ4n) is 3.65. The highest BCUT2D eigenvalue weighted by Crippen LogP contribution is 2.29. The molecular formula is C23H28N2O4. The Hall–Kier alpha value is -3.02. The molecular weight excluding hydrogens is 368 g/mol. The summed E-state index contributed by atoms with van der Waals surface area (Å²) in [7, 11) is 3.16. The summed E-state index contributed by atoms with van der Waals surface area (Å²) in [6.07, 6.45) is 3.10. The summed E-state index contributed by atoms with van der Waals surface area (Å²) in [5.74, 6) is 1.77. The largest absolute Gasteiger partial charge is 0.497 e. The topological polar surface area (TPSA) is 67.9 Å². The molecule has 0 spiro atoms. The number of rotatable bonds is 7. The van der Waals surface area contributed by atoms with E-state index in [0.29, 0.717) is 29.5 Å². The lowest BCUT2D eigenvalue weighted by Crippen LogP contribution is -2.38. The summed E-state index contributed by atoms with van der Waals surface area (Å²) >= 11 is 0. The predicted molar refractivity (Wildman–Crippen MR) is 112 cm³/mol. The number of nitrogens with zero attached hydrogens (tertiary/aromatic N) is 1. The first kappa shape index (κ1) is 20.7. The Bertz CT molecular complexity index is 830. The second kappa shape index (κ2) is 9.96. The van der Waals surface area contributed by atoms with Crippen molar-refractivity contribution in [2.45, 2.75) is 25.7 Å². The molecule has 0 bridgehead atoms. The molecule has 2 aromatic rings. The maximum absolute atomic E-state index is 12.5. The summed E-state index contributed by atoms with van der Waals surface area (Å²) in [6, 6.07) is 14.7. The van der Waals surface area contributed by atoms with Crippen molar-refractivity contribution in [2.75, 3.05) is 32.6 Å². The molecule has 0 saturated carbocycles. The highest BCUT2D eigenvalue weighted by molar-refractivity contribution is 5.94. The van der Waals surface area contributed by atoms with Crippen molar-refractivity contribution < 1.29 is 19.1 Å². The van der Waals surface area contributed by atoms with Gasteiger partial charge in [-0.15, -0.1) is 0 Å². The van der Waals surface area contributed by atoms with Crippen LogP contribution in [-0.4, -0.2) is 44.0 Å². The zero-order valence-electron chi connectivity index (χ0n) is 17.0. The second-order valence-electron chi connectivity index (χ2n) is 7.25. The summed E-state index contributed by atoms with van der Waals surface area (Å²) < 4.78 is 10.5. The van der Waals surface area contributed by atoms with Crippen LogP contribution in [0.5, 0.6) is 11.5 Å². The lowest BCUT2D eigenvalue weighted by atomic mass is 9.91. The van der Waals surface area contributed by atoms with Crippen LogP contribution in [0.1, 0.15) is 36.0 Å². The molecule has 0 unspecified atom stereocenters. The zero-order valence-corrected chi connectivity index (χ0v) is 17.0. The Morgan fingerprint density at radius 1 is 1.03 bits per heavy atom. The van der Waals surface area contributed by atoms with Crippen molar-refractivity contribution in [3.05, 3.63) is 54.1 Å². The van der Waals surface area contributed by atoms with Crippen molar-refractivity contribution in [1.29, 1.82) is 0 Å². The normalized spacial score (nSPS) is 14.3. The maximum atomic E-state index is 12.5. The second-order valence-corrected chi connectivity index (χ2v) is 7.25. The number of benzene rings is 2. The number of ether oxygens (including phenoxy) is 2. The van der Waals surface area contributed by atoms with Gasteiger partial charge in [0.2, 0.25) is 5.91 Å². The molecule has 0 aliphatic carbocycles. The van der Waals surface area contributed by atoms with Gasteiger partial charge in [0.1, 0.15) is 11.5 Å². The number of carbonyl (C=O) groups excluding carboxylic acids is 2. The van der Waals surface area contributed by atoms with E-state index in [1.165, 1.54) is 0 Å². The molecule has 0 radical (unpaired) electrons. The fraction of sp³-hybridized carbons (Fsp3) is 0.391. The third kappa shape index (κ3) is 5.50. The van der Waals surface area contributed by atoms with Crippen LogP contribution in [0.2, 0.25) is 0 Å². The van der Waals surface area contributed by atoms with Gasteiger partial charge in [-0.3, -0.25) is 9.59 Å². The first-order chi connectivity index (χ1) is 14.1. The molecule has 2 amide bonds. The third-order valence-corrected chi connectivity index (χ3v) is 5.38. The number of carbonyl (C=O) groups is 2. The minimum absolute atomic E-state index is 0.0423. The number of nitrogens with one attached hydrogen (secondary N) is 1. The number of hydrogen-bond donors (Lipinski definition) is 1. The van der Waals surface area contributed by atoms with Crippen LogP contribution >= 0.6 is 0 Å². The van der Waals surface area contributed by atoms with Gasteiger partial charge in [0, 0.05) is 31.1 Å². The van der Waals surface area contributed by atoms with Crippen LogP contribution in [-0.2, 0) is 4.79 Å². The number of methoxy groups -OCH3 is 2. The molecule has 154 valence electrons. The fourth-order valence-corrected chi connectivity index (χ4v) is 3.65. The number of anilines is 1. The Morgan fingerprint density at radius 2 is 1.76 bits per heavy atom. The number of amides is 2. The van der Waals surface area contributed by atoms with Crippen LogP contribution in [0.25, 0.3) is 0 Å². The highest BCUT2D eigenvalue weighted by atomic mass is 16.5. The Kier molecular flexibility index (Phi) is 7.11. The third-order valence-electron chi connectivity index (χ3n) is 5.38. The Labute approximate surface area is 171 Å². The van der Waals surface area contributed by atoms with Gasteiger partial charge in [0.15, 0.2) is 0 Å². The number of hydrogen-bond acceptors (Lipinski definition) is 4. The van der Waals surface area contributed by atoms with E-state index in [9.17, 15) is 9.59 Å². The molecule has 3 rings (SSSR count). The van der Waals surface area contributed by atoms with Gasteiger partial charge < -0.3 is 19.7 Å². The smallest absolute Gasteiger partial charge is 0.253 e. The van der Waals surface area contributed by atoms with Crippen LogP contribution in [0.15, 0.2) is 48.5 Å². The van der Waals surface area contributed by atoms with Gasteiger partial charge in [-0.25, -0.2) is 0 Å². The van der Waals surface area contributed by atoms with Crippen molar-refractivity contribution >= 4 is 17.5 Å². The Morgan fingerprint density at radius 3 is 2.41 bits per heavy atom. The molecule has 0 atom stereocenters. The highest BCUT2D eigenvalue weighted by Gasteiger charge is 2.24. The average molecular weight is 396 g/mol. The van der Waals surface area contributed by atoms with E-state index < -0.39 is 0 Å². The summed E-state index contributed by atoms with van der Waals surface area (Å²) in [5, 5.41) is 2.92. The van der Waals surface area contributed by atoms with Crippen molar-refractivity contribution in [3.63, 3.8) is 0 Å². The first-order valence-corrected chi connectivity index (χ1v) is 9.97. The van der Waals surface area contributed by atoms with Crippen molar-refractivity contribution in [1.82, 2.24) is 4.90 Å². The van der Waals surface area contributed by atoms with Gasteiger partial charge in [-0.2, -0.15) is 0 Å². The van der Waals surface area contributed by atoms with Crippen molar-refractivity contribution in [3.8, 4) is 11.5 Å². The van der Waals surface area contributed by atoms with E-state index in [1.807, 2.05) is 35.2 Å². The monoisotopic (exact) mass is 396 g/mol. The molecule has 1 aliphatic heterocycles. The molecule has 6 heteroatoms. The van der Waals surface area contributed by atoms with Gasteiger partial charge in [0.05, 0.1) is 19.9 Å².